The van der Waals surface area contributed by atoms with Crippen molar-refractivity contribution >= 4 is 46.3 Å². The summed E-state index contributed by atoms with van der Waals surface area (Å²) >= 11 is 0. The second-order valence-electron chi connectivity index (χ2n) is 12.4. The Morgan fingerprint density at radius 2 is 0.778 bits per heavy atom. The highest BCUT2D eigenvalue weighted by Crippen LogP contribution is 2.38. The summed E-state index contributed by atoms with van der Waals surface area (Å²) in [7, 11) is 0. The molecule has 0 amide bonds. The molecular weight excluding hydrogens is 544 g/mol. The molecule has 2 heteroatoms. The molecule has 0 unspecified atom stereocenters. The molecule has 0 saturated heterocycles. The van der Waals surface area contributed by atoms with Crippen LogP contribution in [0, 0.1) is 6.92 Å². The largest absolute Gasteiger partial charge is 0.311 e. The van der Waals surface area contributed by atoms with Crippen molar-refractivity contribution in [1.29, 1.82) is 0 Å². The standard InChI is InChI=1S/C43H40N2/c1-33-13-11-12-18-42(33)45(41-31-25-36(26-32-41)43(2,3)4)40-29-23-35(24-30-40)20-19-34-21-27-39(28-22-34)44(37-14-7-5-8-15-37)38-16-9-6-10-17-38/h5-32H,1-4H3. The van der Waals surface area contributed by atoms with Gasteiger partial charge in [0.25, 0.3) is 0 Å². The average Bonchev–Trinajstić information content (AvgIpc) is 3.07. The van der Waals surface area contributed by atoms with Gasteiger partial charge in [0.1, 0.15) is 0 Å². The normalized spacial score (nSPS) is 11.5. The number of nitrogens with zero attached hydrogens (tertiary/aromatic N) is 2. The fourth-order valence-corrected chi connectivity index (χ4v) is 5.61. The summed E-state index contributed by atoms with van der Waals surface area (Å²) < 4.78 is 0. The van der Waals surface area contributed by atoms with Crippen molar-refractivity contribution in [3.8, 4) is 0 Å². The van der Waals surface area contributed by atoms with Crippen molar-refractivity contribution < 1.29 is 0 Å². The van der Waals surface area contributed by atoms with Crippen molar-refractivity contribution in [3.05, 3.63) is 180 Å². The van der Waals surface area contributed by atoms with Crippen LogP contribution in [0.15, 0.2) is 158 Å². The fourth-order valence-electron chi connectivity index (χ4n) is 5.61. The molecule has 0 N–H and O–H groups in total. The van der Waals surface area contributed by atoms with Gasteiger partial charge in [0.05, 0.1) is 0 Å². The van der Waals surface area contributed by atoms with Crippen molar-refractivity contribution in [2.24, 2.45) is 0 Å². The molecule has 6 aromatic carbocycles. The molecule has 6 aromatic rings. The fraction of sp³-hybridized carbons (Fsp3) is 0.116. The van der Waals surface area contributed by atoms with Crippen LogP contribution in [0.3, 0.4) is 0 Å². The summed E-state index contributed by atoms with van der Waals surface area (Å²) in [5, 5.41) is 0. The van der Waals surface area contributed by atoms with E-state index in [9.17, 15) is 0 Å². The number of rotatable bonds is 8. The molecule has 0 bridgehead atoms. The van der Waals surface area contributed by atoms with E-state index in [0.717, 1.165) is 39.6 Å². The number of hydrogen-bond donors (Lipinski definition) is 0. The van der Waals surface area contributed by atoms with E-state index in [-0.39, 0.29) is 5.41 Å². The summed E-state index contributed by atoms with van der Waals surface area (Å²) in [6, 6.07) is 56.1. The van der Waals surface area contributed by atoms with E-state index in [1.165, 1.54) is 16.8 Å². The van der Waals surface area contributed by atoms with Gasteiger partial charge in [-0.05, 0) is 101 Å². The topological polar surface area (TPSA) is 6.48 Å². The Morgan fingerprint density at radius 3 is 1.22 bits per heavy atom. The highest BCUT2D eigenvalue weighted by molar-refractivity contribution is 5.81. The summed E-state index contributed by atoms with van der Waals surface area (Å²) in [6.07, 6.45) is 4.36. The third kappa shape index (κ3) is 6.92. The number of anilines is 6. The first-order chi connectivity index (χ1) is 21.9. The zero-order chi connectivity index (χ0) is 31.2. The van der Waals surface area contributed by atoms with Gasteiger partial charge < -0.3 is 9.80 Å². The summed E-state index contributed by atoms with van der Waals surface area (Å²) in [6.45, 7) is 8.94. The highest BCUT2D eigenvalue weighted by Gasteiger charge is 2.17. The van der Waals surface area contributed by atoms with Crippen LogP contribution in [0.5, 0.6) is 0 Å². The van der Waals surface area contributed by atoms with Gasteiger partial charge >= 0.3 is 0 Å². The van der Waals surface area contributed by atoms with E-state index in [1.54, 1.807) is 0 Å². The number of benzene rings is 6. The molecular formula is C43H40N2. The Hall–Kier alpha value is -5.34. The Balaban J connectivity index is 1.24. The minimum absolute atomic E-state index is 0.115. The van der Waals surface area contributed by atoms with E-state index in [2.05, 4.69) is 207 Å². The third-order valence-electron chi connectivity index (χ3n) is 8.15. The summed E-state index contributed by atoms with van der Waals surface area (Å²) in [4.78, 5) is 4.63. The number of para-hydroxylation sites is 3. The Bertz CT molecular complexity index is 1810. The highest BCUT2D eigenvalue weighted by atomic mass is 15.1. The molecule has 0 spiro atoms. The molecule has 0 aliphatic heterocycles. The van der Waals surface area contributed by atoms with Gasteiger partial charge in [0.15, 0.2) is 0 Å². The summed E-state index contributed by atoms with van der Waals surface area (Å²) in [5.74, 6) is 0. The molecule has 0 atom stereocenters. The minimum Gasteiger partial charge on any atom is -0.311 e. The monoisotopic (exact) mass is 584 g/mol. The van der Waals surface area contributed by atoms with Gasteiger partial charge in [-0.25, -0.2) is 0 Å². The molecule has 2 nitrogen and oxygen atoms in total. The van der Waals surface area contributed by atoms with E-state index >= 15 is 0 Å². The molecule has 0 saturated carbocycles. The van der Waals surface area contributed by atoms with Crippen LogP contribution in [0.25, 0.3) is 12.2 Å². The Morgan fingerprint density at radius 1 is 0.400 bits per heavy atom. The molecule has 222 valence electrons. The first-order valence-electron chi connectivity index (χ1n) is 15.6. The van der Waals surface area contributed by atoms with Gasteiger partial charge in [-0.3, -0.25) is 0 Å². The van der Waals surface area contributed by atoms with Crippen LogP contribution in [-0.4, -0.2) is 0 Å². The zero-order valence-electron chi connectivity index (χ0n) is 26.6. The van der Waals surface area contributed by atoms with Crippen LogP contribution in [0.1, 0.15) is 43.0 Å². The zero-order valence-corrected chi connectivity index (χ0v) is 26.6. The van der Waals surface area contributed by atoms with E-state index in [1.807, 2.05) is 0 Å². The maximum Gasteiger partial charge on any atom is 0.0490 e. The lowest BCUT2D eigenvalue weighted by Crippen LogP contribution is -2.13. The van der Waals surface area contributed by atoms with Crippen LogP contribution in [0.2, 0.25) is 0 Å². The molecule has 45 heavy (non-hydrogen) atoms. The van der Waals surface area contributed by atoms with Gasteiger partial charge in [-0.2, -0.15) is 0 Å². The number of aryl methyl sites for hydroxylation is 1. The SMILES string of the molecule is Cc1ccccc1N(c1ccc(C=Cc2ccc(N(c3ccccc3)c3ccccc3)cc2)cc1)c1ccc(C(C)(C)C)cc1. The molecule has 0 radical (unpaired) electrons. The van der Waals surface area contributed by atoms with Crippen molar-refractivity contribution in [3.63, 3.8) is 0 Å². The lowest BCUT2D eigenvalue weighted by atomic mass is 9.87. The van der Waals surface area contributed by atoms with Gasteiger partial charge in [0, 0.05) is 34.1 Å². The van der Waals surface area contributed by atoms with Crippen molar-refractivity contribution in [2.75, 3.05) is 9.80 Å². The van der Waals surface area contributed by atoms with Gasteiger partial charge in [0.2, 0.25) is 0 Å². The van der Waals surface area contributed by atoms with Crippen LogP contribution in [0.4, 0.5) is 34.1 Å². The molecule has 0 heterocycles. The predicted octanol–water partition coefficient (Wildman–Crippen LogP) is 12.4. The predicted molar refractivity (Wildman–Crippen MR) is 195 cm³/mol. The average molecular weight is 585 g/mol. The first-order valence-corrected chi connectivity index (χ1v) is 15.6. The quantitative estimate of drug-likeness (QED) is 0.164. The van der Waals surface area contributed by atoms with Gasteiger partial charge in [-0.15, -0.1) is 0 Å². The molecule has 0 aromatic heterocycles. The van der Waals surface area contributed by atoms with Crippen LogP contribution < -0.4 is 9.80 Å². The smallest absolute Gasteiger partial charge is 0.0490 e. The Kier molecular flexibility index (Phi) is 8.66. The molecule has 0 aliphatic carbocycles. The second kappa shape index (κ2) is 13.1. The maximum absolute atomic E-state index is 2.35. The van der Waals surface area contributed by atoms with Gasteiger partial charge in [-0.1, -0.05) is 124 Å². The van der Waals surface area contributed by atoms with Crippen molar-refractivity contribution in [2.45, 2.75) is 33.1 Å². The van der Waals surface area contributed by atoms with Crippen LogP contribution in [-0.2, 0) is 5.41 Å². The Labute approximate surface area is 268 Å². The third-order valence-corrected chi connectivity index (χ3v) is 8.15. The van der Waals surface area contributed by atoms with E-state index in [0.29, 0.717) is 0 Å². The van der Waals surface area contributed by atoms with Crippen LogP contribution >= 0.6 is 0 Å². The lowest BCUT2D eigenvalue weighted by Gasteiger charge is -2.28. The second-order valence-corrected chi connectivity index (χ2v) is 12.4. The van der Waals surface area contributed by atoms with E-state index < -0.39 is 0 Å². The first kappa shape index (κ1) is 29.7. The van der Waals surface area contributed by atoms with E-state index in [4.69, 9.17) is 0 Å². The minimum atomic E-state index is 0.115. The number of hydrogen-bond acceptors (Lipinski definition) is 2. The van der Waals surface area contributed by atoms with Crippen molar-refractivity contribution in [1.82, 2.24) is 0 Å². The maximum atomic E-state index is 2.35. The molecule has 0 aliphatic rings. The molecule has 6 rings (SSSR count). The summed E-state index contributed by atoms with van der Waals surface area (Å²) in [5.41, 5.74) is 11.9. The lowest BCUT2D eigenvalue weighted by molar-refractivity contribution is 0.590. The molecule has 0 fully saturated rings.